The van der Waals surface area contributed by atoms with E-state index in [2.05, 4.69) is 21.8 Å². The van der Waals surface area contributed by atoms with Crippen molar-refractivity contribution in [3.8, 4) is 0 Å². The van der Waals surface area contributed by atoms with Crippen molar-refractivity contribution >= 4 is 16.9 Å². The van der Waals surface area contributed by atoms with Gasteiger partial charge in [0.2, 0.25) is 0 Å². The minimum atomic E-state index is -0.516. The van der Waals surface area contributed by atoms with Crippen LogP contribution in [0.4, 0.5) is 4.39 Å². The molecule has 4 nitrogen and oxygen atoms in total. The quantitative estimate of drug-likeness (QED) is 0.597. The van der Waals surface area contributed by atoms with Gasteiger partial charge in [0.15, 0.2) is 0 Å². The van der Waals surface area contributed by atoms with Crippen LogP contribution in [-0.4, -0.2) is 15.5 Å². The zero-order valence-electron chi connectivity index (χ0n) is 15.0. The average Bonchev–Trinajstić information content (AvgIpc) is 3.01. The van der Waals surface area contributed by atoms with Crippen molar-refractivity contribution in [1.29, 1.82) is 0 Å². The molecule has 0 bridgehead atoms. The Balaban J connectivity index is 1.76. The standard InChI is InChI=1S/C21H24FN3O/c1-2-3-4-9-14-25-19-13-8-7-12-18(19)24-20(25)15-23-21(26)16-10-5-6-11-17(16)22/h5-8,10-13H,2-4,9,14-15H2,1H3,(H,23,26). The highest BCUT2D eigenvalue weighted by Crippen LogP contribution is 2.18. The lowest BCUT2D eigenvalue weighted by Crippen LogP contribution is -2.25. The lowest BCUT2D eigenvalue weighted by atomic mass is 10.2. The van der Waals surface area contributed by atoms with Gasteiger partial charge in [0, 0.05) is 6.54 Å². The van der Waals surface area contributed by atoms with E-state index >= 15 is 0 Å². The predicted molar refractivity (Wildman–Crippen MR) is 101 cm³/mol. The minimum Gasteiger partial charge on any atom is -0.345 e. The smallest absolute Gasteiger partial charge is 0.254 e. The summed E-state index contributed by atoms with van der Waals surface area (Å²) in [4.78, 5) is 16.9. The third kappa shape index (κ3) is 4.10. The number of rotatable bonds is 8. The van der Waals surface area contributed by atoms with Gasteiger partial charge >= 0.3 is 0 Å². The Bertz CT molecular complexity index is 888. The van der Waals surface area contributed by atoms with E-state index in [0.717, 1.165) is 29.8 Å². The first-order valence-electron chi connectivity index (χ1n) is 9.17. The number of halogens is 1. The van der Waals surface area contributed by atoms with Crippen LogP contribution in [0.5, 0.6) is 0 Å². The van der Waals surface area contributed by atoms with Crippen LogP contribution < -0.4 is 5.32 Å². The molecule has 0 aliphatic carbocycles. The molecule has 0 aliphatic rings. The highest BCUT2D eigenvalue weighted by molar-refractivity contribution is 5.94. The summed E-state index contributed by atoms with van der Waals surface area (Å²) >= 11 is 0. The van der Waals surface area contributed by atoms with Gasteiger partial charge in [-0.2, -0.15) is 0 Å². The van der Waals surface area contributed by atoms with Crippen molar-refractivity contribution in [2.24, 2.45) is 0 Å². The second-order valence-electron chi connectivity index (χ2n) is 6.39. The van der Waals surface area contributed by atoms with Crippen LogP contribution in [0.1, 0.15) is 48.8 Å². The van der Waals surface area contributed by atoms with Crippen LogP contribution in [-0.2, 0) is 13.1 Å². The average molecular weight is 353 g/mol. The number of hydrogen-bond acceptors (Lipinski definition) is 2. The van der Waals surface area contributed by atoms with E-state index in [0.29, 0.717) is 0 Å². The van der Waals surface area contributed by atoms with Crippen LogP contribution >= 0.6 is 0 Å². The van der Waals surface area contributed by atoms with Gasteiger partial charge < -0.3 is 9.88 Å². The minimum absolute atomic E-state index is 0.0538. The van der Waals surface area contributed by atoms with E-state index in [9.17, 15) is 9.18 Å². The Morgan fingerprint density at radius 2 is 1.85 bits per heavy atom. The first-order chi connectivity index (χ1) is 12.7. The number of unbranched alkanes of at least 4 members (excludes halogenated alkanes) is 3. The van der Waals surface area contributed by atoms with Gasteiger partial charge in [-0.3, -0.25) is 4.79 Å². The van der Waals surface area contributed by atoms with Crippen LogP contribution in [0.25, 0.3) is 11.0 Å². The molecule has 0 saturated carbocycles. The van der Waals surface area contributed by atoms with E-state index in [4.69, 9.17) is 0 Å². The number of fused-ring (bicyclic) bond motifs is 1. The zero-order valence-corrected chi connectivity index (χ0v) is 15.0. The maximum absolute atomic E-state index is 13.8. The number of hydrogen-bond donors (Lipinski definition) is 1. The Morgan fingerprint density at radius 1 is 1.08 bits per heavy atom. The van der Waals surface area contributed by atoms with Crippen LogP contribution in [0.2, 0.25) is 0 Å². The maximum Gasteiger partial charge on any atom is 0.254 e. The predicted octanol–water partition coefficient (Wildman–Crippen LogP) is 4.69. The van der Waals surface area contributed by atoms with Crippen molar-refractivity contribution in [2.75, 3.05) is 0 Å². The summed E-state index contributed by atoms with van der Waals surface area (Å²) in [6.45, 7) is 3.33. The summed E-state index contributed by atoms with van der Waals surface area (Å²) in [6, 6.07) is 14.0. The molecule has 0 spiro atoms. The summed E-state index contributed by atoms with van der Waals surface area (Å²) in [6.07, 6.45) is 4.65. The monoisotopic (exact) mass is 353 g/mol. The third-order valence-electron chi connectivity index (χ3n) is 4.49. The zero-order chi connectivity index (χ0) is 18.4. The number of nitrogens with one attached hydrogen (secondary N) is 1. The van der Waals surface area contributed by atoms with Gasteiger partial charge in [0.25, 0.3) is 5.91 Å². The number of amides is 1. The Kier molecular flexibility index (Phi) is 6.00. The fourth-order valence-corrected chi connectivity index (χ4v) is 3.11. The summed E-state index contributed by atoms with van der Waals surface area (Å²) in [7, 11) is 0. The fourth-order valence-electron chi connectivity index (χ4n) is 3.11. The highest BCUT2D eigenvalue weighted by Gasteiger charge is 2.14. The van der Waals surface area contributed by atoms with Gasteiger partial charge in [0.1, 0.15) is 11.6 Å². The molecule has 3 rings (SSSR count). The van der Waals surface area contributed by atoms with E-state index in [-0.39, 0.29) is 12.1 Å². The van der Waals surface area contributed by atoms with Gasteiger partial charge in [-0.25, -0.2) is 9.37 Å². The molecule has 5 heteroatoms. The number of aromatic nitrogens is 2. The van der Waals surface area contributed by atoms with E-state index < -0.39 is 11.7 Å². The summed E-state index contributed by atoms with van der Waals surface area (Å²) in [5.41, 5.74) is 2.04. The van der Waals surface area contributed by atoms with Crippen molar-refractivity contribution in [3.63, 3.8) is 0 Å². The highest BCUT2D eigenvalue weighted by atomic mass is 19.1. The molecule has 0 saturated heterocycles. The van der Waals surface area contributed by atoms with Gasteiger partial charge in [0.05, 0.1) is 23.1 Å². The molecule has 1 heterocycles. The molecule has 0 unspecified atom stereocenters. The summed E-state index contributed by atoms with van der Waals surface area (Å²) < 4.78 is 15.9. The molecule has 2 aromatic carbocycles. The molecule has 0 atom stereocenters. The fraction of sp³-hybridized carbons (Fsp3) is 0.333. The molecule has 0 radical (unpaired) electrons. The first kappa shape index (κ1) is 18.1. The van der Waals surface area contributed by atoms with E-state index in [1.807, 2.05) is 24.3 Å². The molecule has 1 N–H and O–H groups in total. The molecule has 0 aliphatic heterocycles. The molecule has 3 aromatic rings. The van der Waals surface area contributed by atoms with Crippen molar-refractivity contribution in [2.45, 2.75) is 45.7 Å². The molecular formula is C21H24FN3O. The normalized spacial score (nSPS) is 11.0. The molecular weight excluding hydrogens is 329 g/mol. The van der Waals surface area contributed by atoms with Crippen LogP contribution in [0.15, 0.2) is 48.5 Å². The number of carbonyl (C=O) groups is 1. The molecule has 1 aromatic heterocycles. The lowest BCUT2D eigenvalue weighted by molar-refractivity contribution is 0.0945. The second kappa shape index (κ2) is 8.61. The van der Waals surface area contributed by atoms with Crippen molar-refractivity contribution in [3.05, 3.63) is 65.7 Å². The van der Waals surface area contributed by atoms with Crippen molar-refractivity contribution < 1.29 is 9.18 Å². The maximum atomic E-state index is 13.8. The number of nitrogens with zero attached hydrogens (tertiary/aromatic N) is 2. The van der Waals surface area contributed by atoms with Crippen LogP contribution in [0, 0.1) is 5.82 Å². The van der Waals surface area contributed by atoms with Crippen LogP contribution in [0.3, 0.4) is 0 Å². The van der Waals surface area contributed by atoms with E-state index in [1.54, 1.807) is 12.1 Å². The SMILES string of the molecule is CCCCCCn1c(CNC(=O)c2ccccc2F)nc2ccccc21. The summed E-state index contributed by atoms with van der Waals surface area (Å²) in [5, 5.41) is 2.80. The first-order valence-corrected chi connectivity index (χ1v) is 9.17. The number of imidazole rings is 1. The molecule has 1 amide bonds. The van der Waals surface area contributed by atoms with Crippen molar-refractivity contribution in [1.82, 2.24) is 14.9 Å². The number of para-hydroxylation sites is 2. The number of aryl methyl sites for hydroxylation is 1. The third-order valence-corrected chi connectivity index (χ3v) is 4.49. The number of carbonyl (C=O) groups excluding carboxylic acids is 1. The van der Waals surface area contributed by atoms with Gasteiger partial charge in [-0.1, -0.05) is 50.5 Å². The largest absolute Gasteiger partial charge is 0.345 e. The summed E-state index contributed by atoms with van der Waals surface area (Å²) in [5.74, 6) is -0.141. The Labute approximate surface area is 153 Å². The topological polar surface area (TPSA) is 46.9 Å². The molecule has 26 heavy (non-hydrogen) atoms. The Morgan fingerprint density at radius 3 is 2.65 bits per heavy atom. The van der Waals surface area contributed by atoms with E-state index in [1.165, 1.54) is 31.4 Å². The molecule has 0 fully saturated rings. The van der Waals surface area contributed by atoms with Gasteiger partial charge in [-0.15, -0.1) is 0 Å². The van der Waals surface area contributed by atoms with Gasteiger partial charge in [-0.05, 0) is 30.7 Å². The Hall–Kier alpha value is -2.69. The molecule has 136 valence electrons. The number of benzene rings is 2. The lowest BCUT2D eigenvalue weighted by Gasteiger charge is -2.10. The second-order valence-corrected chi connectivity index (χ2v) is 6.39.